The maximum absolute atomic E-state index is 15.3. The van der Waals surface area contributed by atoms with E-state index in [2.05, 4.69) is 20.3 Å². The summed E-state index contributed by atoms with van der Waals surface area (Å²) in [7, 11) is 0. The second-order valence-electron chi connectivity index (χ2n) is 7.52. The van der Waals surface area contributed by atoms with E-state index in [1.165, 1.54) is 18.2 Å². The first-order valence-corrected chi connectivity index (χ1v) is 10.0. The van der Waals surface area contributed by atoms with Gasteiger partial charge in [-0.25, -0.2) is 18.2 Å². The van der Waals surface area contributed by atoms with Gasteiger partial charge in [-0.3, -0.25) is 9.98 Å². The maximum Gasteiger partial charge on any atom is 0.157 e. The fourth-order valence-electron chi connectivity index (χ4n) is 3.77. The number of pyridine rings is 2. The van der Waals surface area contributed by atoms with Gasteiger partial charge in [0.05, 0.1) is 41.5 Å². The lowest BCUT2D eigenvalue weighted by atomic mass is 10.0. The summed E-state index contributed by atoms with van der Waals surface area (Å²) in [6, 6.07) is 7.34. The highest BCUT2D eigenvalue weighted by atomic mass is 19.1. The minimum absolute atomic E-state index is 0.115. The standard InChI is InChI=1S/C24H18F3N5/c1-14-17(8-18(25)11-29-14)10-30-20-4-3-19(26)22(23(20)27)16-2-5-21-24(15-6-7-28-9-15)31-13-32(21)12-16/h2-8,11-13,30H,9-10H2,1H3. The largest absolute Gasteiger partial charge is 0.379 e. The zero-order valence-electron chi connectivity index (χ0n) is 17.1. The Hall–Kier alpha value is -3.94. The lowest BCUT2D eigenvalue weighted by molar-refractivity contribution is 0.591. The molecule has 1 aromatic carbocycles. The van der Waals surface area contributed by atoms with Crippen molar-refractivity contribution in [3.63, 3.8) is 0 Å². The third-order valence-electron chi connectivity index (χ3n) is 5.49. The van der Waals surface area contributed by atoms with E-state index >= 15 is 4.39 Å². The first-order valence-electron chi connectivity index (χ1n) is 10.0. The number of nitrogens with one attached hydrogen (secondary N) is 1. The van der Waals surface area contributed by atoms with Crippen LogP contribution in [0.5, 0.6) is 0 Å². The van der Waals surface area contributed by atoms with Crippen LogP contribution in [0.2, 0.25) is 0 Å². The summed E-state index contributed by atoms with van der Waals surface area (Å²) in [4.78, 5) is 12.6. The topological polar surface area (TPSA) is 54.6 Å². The van der Waals surface area contributed by atoms with Crippen molar-refractivity contribution in [1.29, 1.82) is 0 Å². The molecule has 32 heavy (non-hydrogen) atoms. The van der Waals surface area contributed by atoms with E-state index in [1.807, 2.05) is 6.08 Å². The zero-order chi connectivity index (χ0) is 22.2. The third kappa shape index (κ3) is 3.53. The number of anilines is 1. The predicted molar refractivity (Wildman–Crippen MR) is 118 cm³/mol. The molecule has 5 nitrogen and oxygen atoms in total. The number of hydrogen-bond acceptors (Lipinski definition) is 4. The van der Waals surface area contributed by atoms with Gasteiger partial charge in [0, 0.05) is 35.8 Å². The average molecular weight is 433 g/mol. The van der Waals surface area contributed by atoms with Crippen LogP contribution in [0.4, 0.5) is 18.9 Å². The molecule has 0 bridgehead atoms. The molecule has 0 radical (unpaired) electrons. The Labute approximate surface area is 182 Å². The van der Waals surface area contributed by atoms with Crippen LogP contribution in [0, 0.1) is 24.4 Å². The number of aryl methyl sites for hydroxylation is 1. The molecule has 0 saturated carbocycles. The van der Waals surface area contributed by atoms with E-state index in [0.29, 0.717) is 23.4 Å². The smallest absolute Gasteiger partial charge is 0.157 e. The summed E-state index contributed by atoms with van der Waals surface area (Å²) in [5.74, 6) is -1.87. The number of fused-ring (bicyclic) bond motifs is 1. The highest BCUT2D eigenvalue weighted by Crippen LogP contribution is 2.32. The van der Waals surface area contributed by atoms with Crippen LogP contribution in [0.1, 0.15) is 17.0 Å². The molecule has 0 unspecified atom stereocenters. The van der Waals surface area contributed by atoms with Crippen molar-refractivity contribution < 1.29 is 13.2 Å². The third-order valence-corrected chi connectivity index (χ3v) is 5.49. The van der Waals surface area contributed by atoms with Crippen molar-refractivity contribution in [2.24, 2.45) is 4.99 Å². The first kappa shape index (κ1) is 20.0. The molecular weight excluding hydrogens is 415 g/mol. The molecule has 3 aromatic heterocycles. The second-order valence-corrected chi connectivity index (χ2v) is 7.52. The SMILES string of the molecule is Cc1ncc(F)cc1CNc1ccc(F)c(-c2ccc3c(C4=CC=NC4)ncn3c2)c1F. The number of halogens is 3. The zero-order valence-corrected chi connectivity index (χ0v) is 17.1. The van der Waals surface area contributed by atoms with Crippen molar-refractivity contribution in [3.8, 4) is 11.1 Å². The Morgan fingerprint density at radius 1 is 1.09 bits per heavy atom. The monoisotopic (exact) mass is 433 g/mol. The van der Waals surface area contributed by atoms with Crippen LogP contribution in [0.15, 0.2) is 60.1 Å². The van der Waals surface area contributed by atoms with Crippen LogP contribution < -0.4 is 5.32 Å². The van der Waals surface area contributed by atoms with Gasteiger partial charge in [0.25, 0.3) is 0 Å². The van der Waals surface area contributed by atoms with E-state index in [-0.39, 0.29) is 17.8 Å². The number of benzene rings is 1. The average Bonchev–Trinajstić information content (AvgIpc) is 3.45. The van der Waals surface area contributed by atoms with E-state index in [9.17, 15) is 8.78 Å². The second kappa shape index (κ2) is 7.96. The van der Waals surface area contributed by atoms with Gasteiger partial charge in [0.2, 0.25) is 0 Å². The summed E-state index contributed by atoms with van der Waals surface area (Å²) in [5.41, 5.74) is 4.18. The number of allylic oxidation sites excluding steroid dienone is 1. The molecule has 4 heterocycles. The molecule has 0 saturated heterocycles. The van der Waals surface area contributed by atoms with Crippen LogP contribution in [-0.4, -0.2) is 27.1 Å². The number of rotatable bonds is 5. The fraction of sp³-hybridized carbons (Fsp3) is 0.125. The van der Waals surface area contributed by atoms with E-state index < -0.39 is 17.5 Å². The minimum atomic E-state index is -0.724. The summed E-state index contributed by atoms with van der Waals surface area (Å²) in [5, 5.41) is 2.92. The van der Waals surface area contributed by atoms with E-state index in [4.69, 9.17) is 0 Å². The molecular formula is C24H18F3N5. The van der Waals surface area contributed by atoms with Crippen molar-refractivity contribution in [1.82, 2.24) is 14.4 Å². The summed E-state index contributed by atoms with van der Waals surface area (Å²) >= 11 is 0. The van der Waals surface area contributed by atoms with Gasteiger partial charge < -0.3 is 9.72 Å². The number of aromatic nitrogens is 3. The van der Waals surface area contributed by atoms with Gasteiger partial charge in [-0.05, 0) is 42.8 Å². The van der Waals surface area contributed by atoms with Crippen molar-refractivity contribution in [3.05, 3.63) is 89.5 Å². The van der Waals surface area contributed by atoms with Crippen molar-refractivity contribution >= 4 is 23.0 Å². The molecule has 0 atom stereocenters. The Bertz CT molecular complexity index is 1400. The molecule has 1 aliphatic rings. The molecule has 0 spiro atoms. The Morgan fingerprint density at radius 3 is 2.78 bits per heavy atom. The van der Waals surface area contributed by atoms with Crippen molar-refractivity contribution in [2.75, 3.05) is 11.9 Å². The Kier molecular flexibility index (Phi) is 4.97. The van der Waals surface area contributed by atoms with Gasteiger partial charge in [0.15, 0.2) is 5.82 Å². The first-order chi connectivity index (χ1) is 15.5. The summed E-state index contributed by atoms with van der Waals surface area (Å²) in [6.07, 6.45) is 8.03. The van der Waals surface area contributed by atoms with Gasteiger partial charge in [-0.1, -0.05) is 6.07 Å². The molecule has 1 N–H and O–H groups in total. The lowest BCUT2D eigenvalue weighted by Gasteiger charge is -2.13. The lowest BCUT2D eigenvalue weighted by Crippen LogP contribution is -2.06. The fourth-order valence-corrected chi connectivity index (χ4v) is 3.77. The van der Waals surface area contributed by atoms with Gasteiger partial charge in [-0.15, -0.1) is 0 Å². The Morgan fingerprint density at radius 2 is 1.97 bits per heavy atom. The Balaban J connectivity index is 1.48. The van der Waals surface area contributed by atoms with Gasteiger partial charge in [-0.2, -0.15) is 0 Å². The number of hydrogen-bond donors (Lipinski definition) is 1. The number of aliphatic imine (C=N–C) groups is 1. The molecule has 1 aliphatic heterocycles. The maximum atomic E-state index is 15.3. The van der Waals surface area contributed by atoms with Gasteiger partial charge >= 0.3 is 0 Å². The van der Waals surface area contributed by atoms with Gasteiger partial charge in [0.1, 0.15) is 11.6 Å². The molecule has 4 aromatic rings. The number of nitrogens with zero attached hydrogens (tertiary/aromatic N) is 4. The van der Waals surface area contributed by atoms with Crippen molar-refractivity contribution in [2.45, 2.75) is 13.5 Å². The minimum Gasteiger partial charge on any atom is -0.379 e. The predicted octanol–water partition coefficient (Wildman–Crippen LogP) is 5.20. The summed E-state index contributed by atoms with van der Waals surface area (Å²) in [6.45, 7) is 2.45. The molecule has 5 rings (SSSR count). The molecule has 0 amide bonds. The van der Waals surface area contributed by atoms with Crippen LogP contribution in [-0.2, 0) is 6.54 Å². The molecule has 0 aliphatic carbocycles. The van der Waals surface area contributed by atoms with Crippen LogP contribution in [0.3, 0.4) is 0 Å². The molecule has 160 valence electrons. The molecule has 8 heteroatoms. The quantitative estimate of drug-likeness (QED) is 0.471. The summed E-state index contributed by atoms with van der Waals surface area (Å²) < 4.78 is 45.2. The van der Waals surface area contributed by atoms with E-state index in [1.54, 1.807) is 42.2 Å². The number of imidazole rings is 1. The van der Waals surface area contributed by atoms with E-state index in [0.717, 1.165) is 23.0 Å². The van der Waals surface area contributed by atoms with Crippen LogP contribution >= 0.6 is 0 Å². The highest BCUT2D eigenvalue weighted by molar-refractivity contribution is 5.92. The highest BCUT2D eigenvalue weighted by Gasteiger charge is 2.18. The normalized spacial score (nSPS) is 13.1. The molecule has 0 fully saturated rings. The van der Waals surface area contributed by atoms with Crippen LogP contribution in [0.25, 0.3) is 22.2 Å².